The lowest BCUT2D eigenvalue weighted by Gasteiger charge is -1.99. The van der Waals surface area contributed by atoms with Gasteiger partial charge in [-0.25, -0.2) is 4.98 Å². The van der Waals surface area contributed by atoms with E-state index in [9.17, 15) is 4.79 Å². The molecule has 0 amide bonds. The van der Waals surface area contributed by atoms with E-state index in [1.165, 1.54) is 0 Å². The molecule has 0 saturated carbocycles. The maximum atomic E-state index is 11.1. The van der Waals surface area contributed by atoms with Gasteiger partial charge in [0, 0.05) is 22.7 Å². The number of H-pyrrole nitrogens is 1. The molecule has 0 aliphatic rings. The van der Waals surface area contributed by atoms with E-state index in [0.717, 1.165) is 38.9 Å². The molecule has 0 radical (unpaired) electrons. The number of aromatic amines is 1. The van der Waals surface area contributed by atoms with Gasteiger partial charge in [-0.15, -0.1) is 0 Å². The number of para-hydroxylation sites is 2. The second-order valence-corrected chi connectivity index (χ2v) is 5.64. The van der Waals surface area contributed by atoms with Crippen LogP contribution in [0.3, 0.4) is 0 Å². The van der Waals surface area contributed by atoms with E-state index in [4.69, 9.17) is 10.1 Å². The average molecular weight is 305 g/mol. The number of carboxylic acid groups (broad SMARTS) is 1. The number of imidazole rings is 1. The number of nitrogens with one attached hydrogen (secondary N) is 1. The molecular weight excluding hydrogens is 290 g/mol. The highest BCUT2D eigenvalue weighted by molar-refractivity contribution is 5.96. The third kappa shape index (κ3) is 2.17. The molecule has 5 heteroatoms. The Balaban J connectivity index is 1.96. The van der Waals surface area contributed by atoms with Gasteiger partial charge in [0.15, 0.2) is 0 Å². The van der Waals surface area contributed by atoms with Crippen molar-refractivity contribution in [2.45, 2.75) is 13.5 Å². The highest BCUT2D eigenvalue weighted by atomic mass is 16.4. The molecule has 0 spiro atoms. The fourth-order valence-corrected chi connectivity index (χ4v) is 3.02. The lowest BCUT2D eigenvalue weighted by molar-refractivity contribution is -0.137. The minimum Gasteiger partial charge on any atom is -0.480 e. The first-order valence-corrected chi connectivity index (χ1v) is 7.39. The van der Waals surface area contributed by atoms with Gasteiger partial charge in [0.05, 0.1) is 11.0 Å². The minimum atomic E-state index is -0.863. The van der Waals surface area contributed by atoms with Crippen LogP contribution in [0.25, 0.3) is 33.3 Å². The van der Waals surface area contributed by atoms with E-state index in [1.807, 2.05) is 55.6 Å². The van der Waals surface area contributed by atoms with Gasteiger partial charge in [0.25, 0.3) is 0 Å². The predicted octanol–water partition coefficient (Wildman–Crippen LogP) is 3.58. The third-order valence-electron chi connectivity index (χ3n) is 4.06. The lowest BCUT2D eigenvalue weighted by atomic mass is 10.2. The number of aliphatic carboxylic acids is 1. The van der Waals surface area contributed by atoms with Crippen molar-refractivity contribution >= 4 is 27.9 Å². The van der Waals surface area contributed by atoms with E-state index in [0.29, 0.717) is 0 Å². The van der Waals surface area contributed by atoms with Crippen LogP contribution in [0.4, 0.5) is 0 Å². The highest BCUT2D eigenvalue weighted by Gasteiger charge is 2.15. The zero-order chi connectivity index (χ0) is 16.0. The van der Waals surface area contributed by atoms with Crippen molar-refractivity contribution in [3.05, 3.63) is 54.2 Å². The zero-order valence-corrected chi connectivity index (χ0v) is 12.6. The number of nitrogens with zero attached hydrogens (tertiary/aromatic N) is 2. The molecule has 2 N–H and O–H groups in total. The van der Waals surface area contributed by atoms with Crippen molar-refractivity contribution in [2.75, 3.05) is 0 Å². The molecule has 2 aromatic heterocycles. The predicted molar refractivity (Wildman–Crippen MR) is 89.4 cm³/mol. The molecule has 0 atom stereocenters. The van der Waals surface area contributed by atoms with E-state index < -0.39 is 5.97 Å². The summed E-state index contributed by atoms with van der Waals surface area (Å²) in [5.41, 5.74) is 4.84. The fraction of sp³-hybridized carbons (Fsp3) is 0.111. The molecule has 0 aliphatic heterocycles. The van der Waals surface area contributed by atoms with Crippen LogP contribution >= 0.6 is 0 Å². The number of hydrogen-bond donors (Lipinski definition) is 2. The van der Waals surface area contributed by atoms with Gasteiger partial charge in [-0.2, -0.15) is 0 Å². The molecule has 114 valence electrons. The van der Waals surface area contributed by atoms with E-state index in [2.05, 4.69) is 4.98 Å². The summed E-state index contributed by atoms with van der Waals surface area (Å²) in [5, 5.41) is 10.1. The summed E-state index contributed by atoms with van der Waals surface area (Å²) >= 11 is 0. The summed E-state index contributed by atoms with van der Waals surface area (Å²) in [6, 6.07) is 13.8. The number of rotatable bonds is 3. The molecule has 4 rings (SSSR count). The standard InChI is InChI=1S/C18H15N3O2/c1-11-5-4-7-14-17(11)20-18(19-14)13-9-21(10-16(22)23)15-8-3-2-6-12(13)15/h2-9H,10H2,1H3,(H,19,20)(H,22,23). The topological polar surface area (TPSA) is 70.9 Å². The van der Waals surface area contributed by atoms with E-state index in [-0.39, 0.29) is 6.54 Å². The largest absolute Gasteiger partial charge is 0.480 e. The Morgan fingerprint density at radius 3 is 2.83 bits per heavy atom. The van der Waals surface area contributed by atoms with Gasteiger partial charge in [0.1, 0.15) is 12.4 Å². The molecule has 0 aliphatic carbocycles. The lowest BCUT2D eigenvalue weighted by Crippen LogP contribution is -2.07. The summed E-state index contributed by atoms with van der Waals surface area (Å²) in [6.45, 7) is 1.96. The molecule has 23 heavy (non-hydrogen) atoms. The Kier molecular flexibility index (Phi) is 2.94. The fourth-order valence-electron chi connectivity index (χ4n) is 3.02. The highest BCUT2D eigenvalue weighted by Crippen LogP contribution is 2.30. The monoisotopic (exact) mass is 305 g/mol. The second kappa shape index (κ2) is 4.98. The first kappa shape index (κ1) is 13.6. The average Bonchev–Trinajstić information content (AvgIpc) is 3.10. The molecule has 2 heterocycles. The smallest absolute Gasteiger partial charge is 0.323 e. The van der Waals surface area contributed by atoms with E-state index >= 15 is 0 Å². The Bertz CT molecular complexity index is 1040. The van der Waals surface area contributed by atoms with Crippen molar-refractivity contribution < 1.29 is 9.90 Å². The Morgan fingerprint density at radius 2 is 2.04 bits per heavy atom. The molecular formula is C18H15N3O2. The minimum absolute atomic E-state index is 0.0697. The number of carbonyl (C=O) groups is 1. The van der Waals surface area contributed by atoms with Gasteiger partial charge in [-0.3, -0.25) is 4.79 Å². The summed E-state index contributed by atoms with van der Waals surface area (Å²) in [4.78, 5) is 19.1. The number of aryl methyl sites for hydroxylation is 1. The summed E-state index contributed by atoms with van der Waals surface area (Å²) in [7, 11) is 0. The van der Waals surface area contributed by atoms with Gasteiger partial charge in [0.2, 0.25) is 0 Å². The Hall–Kier alpha value is -3.08. The molecule has 0 bridgehead atoms. The third-order valence-corrected chi connectivity index (χ3v) is 4.06. The van der Waals surface area contributed by atoms with Crippen LogP contribution in [0, 0.1) is 6.92 Å². The van der Waals surface area contributed by atoms with Crippen molar-refractivity contribution in [3.8, 4) is 11.4 Å². The van der Waals surface area contributed by atoms with Crippen LogP contribution in [0.5, 0.6) is 0 Å². The first-order valence-electron chi connectivity index (χ1n) is 7.39. The zero-order valence-electron chi connectivity index (χ0n) is 12.6. The van der Waals surface area contributed by atoms with Gasteiger partial charge in [-0.05, 0) is 24.6 Å². The molecule has 5 nitrogen and oxygen atoms in total. The molecule has 0 fully saturated rings. The summed E-state index contributed by atoms with van der Waals surface area (Å²) < 4.78 is 1.74. The van der Waals surface area contributed by atoms with Gasteiger partial charge < -0.3 is 14.7 Å². The molecule has 4 aromatic rings. The van der Waals surface area contributed by atoms with Gasteiger partial charge in [-0.1, -0.05) is 30.3 Å². The van der Waals surface area contributed by atoms with Crippen LogP contribution in [-0.2, 0) is 11.3 Å². The second-order valence-electron chi connectivity index (χ2n) is 5.64. The Labute approximate surface area is 132 Å². The van der Waals surface area contributed by atoms with E-state index in [1.54, 1.807) is 4.57 Å². The number of carboxylic acids is 1. The number of benzene rings is 2. The van der Waals surface area contributed by atoms with Crippen molar-refractivity contribution in [2.24, 2.45) is 0 Å². The van der Waals surface area contributed by atoms with Gasteiger partial charge >= 0.3 is 5.97 Å². The molecule has 2 aromatic carbocycles. The molecule has 0 saturated heterocycles. The van der Waals surface area contributed by atoms with Crippen LogP contribution in [0.15, 0.2) is 48.7 Å². The SMILES string of the molecule is Cc1cccc2[nH]c(-c3cn(CC(=O)O)c4ccccc34)nc12. The normalized spacial score (nSPS) is 11.3. The van der Waals surface area contributed by atoms with Crippen LogP contribution in [0.1, 0.15) is 5.56 Å². The number of hydrogen-bond acceptors (Lipinski definition) is 2. The van der Waals surface area contributed by atoms with Crippen molar-refractivity contribution in [1.29, 1.82) is 0 Å². The van der Waals surface area contributed by atoms with Crippen molar-refractivity contribution in [3.63, 3.8) is 0 Å². The summed E-state index contributed by atoms with van der Waals surface area (Å²) in [6.07, 6.45) is 1.85. The summed E-state index contributed by atoms with van der Waals surface area (Å²) in [5.74, 6) is -0.104. The maximum Gasteiger partial charge on any atom is 0.323 e. The maximum absolute atomic E-state index is 11.1. The first-order chi connectivity index (χ1) is 11.1. The molecule has 0 unspecified atom stereocenters. The number of fused-ring (bicyclic) bond motifs is 2. The quantitative estimate of drug-likeness (QED) is 0.608. The van der Waals surface area contributed by atoms with Crippen LogP contribution in [0.2, 0.25) is 0 Å². The van der Waals surface area contributed by atoms with Crippen molar-refractivity contribution in [1.82, 2.24) is 14.5 Å². The van der Waals surface area contributed by atoms with Crippen LogP contribution < -0.4 is 0 Å². The Morgan fingerprint density at radius 1 is 1.22 bits per heavy atom. The number of aromatic nitrogens is 3. The van der Waals surface area contributed by atoms with Crippen LogP contribution in [-0.4, -0.2) is 25.6 Å².